The van der Waals surface area contributed by atoms with Crippen LogP contribution in [0, 0.1) is 5.92 Å². The number of nitrogens with one attached hydrogen (secondary N) is 3. The Morgan fingerprint density at radius 2 is 1.74 bits per heavy atom. The van der Waals surface area contributed by atoms with E-state index >= 15 is 0 Å². The van der Waals surface area contributed by atoms with Gasteiger partial charge in [0, 0.05) is 24.6 Å². The maximum absolute atomic E-state index is 12.3. The van der Waals surface area contributed by atoms with Crippen LogP contribution in [0.3, 0.4) is 0 Å². The Hall–Kier alpha value is -1.97. The van der Waals surface area contributed by atoms with Crippen LogP contribution in [0.4, 0.5) is 0 Å². The highest BCUT2D eigenvalue weighted by molar-refractivity contribution is 7.89. The molecule has 1 atom stereocenters. The quantitative estimate of drug-likeness (QED) is 0.601. The Morgan fingerprint density at radius 3 is 2.33 bits per heavy atom. The summed E-state index contributed by atoms with van der Waals surface area (Å²) in [4.78, 5) is 24.2. The van der Waals surface area contributed by atoms with E-state index in [2.05, 4.69) is 15.6 Å². The number of hydrogen-bond acceptors (Lipinski definition) is 5. The van der Waals surface area contributed by atoms with E-state index < -0.39 is 15.9 Å². The summed E-state index contributed by atoms with van der Waals surface area (Å²) in [5, 5.41) is 0. The molecule has 0 unspecified atom stereocenters. The van der Waals surface area contributed by atoms with E-state index in [9.17, 15) is 18.0 Å². The molecule has 0 heterocycles. The lowest BCUT2D eigenvalue weighted by Crippen LogP contribution is -2.45. The van der Waals surface area contributed by atoms with Crippen LogP contribution in [-0.4, -0.2) is 40.0 Å². The van der Waals surface area contributed by atoms with Crippen molar-refractivity contribution in [2.75, 3.05) is 13.7 Å². The summed E-state index contributed by atoms with van der Waals surface area (Å²) in [6.45, 7) is 1.94. The molecule has 1 aliphatic carbocycles. The monoisotopic (exact) mass is 397 g/mol. The summed E-state index contributed by atoms with van der Waals surface area (Å²) in [5.74, 6) is -0.742. The molecule has 1 aromatic rings. The molecule has 9 heteroatoms. The number of ether oxygens (including phenoxy) is 1. The Bertz CT molecular complexity index is 743. The van der Waals surface area contributed by atoms with Crippen molar-refractivity contribution in [2.24, 2.45) is 5.92 Å². The van der Waals surface area contributed by atoms with Gasteiger partial charge in [-0.05, 0) is 44.0 Å². The molecular weight excluding hydrogens is 370 g/mol. The van der Waals surface area contributed by atoms with Crippen molar-refractivity contribution in [3.8, 4) is 0 Å². The number of rotatable bonds is 7. The first-order valence-corrected chi connectivity index (χ1v) is 10.5. The maximum Gasteiger partial charge on any atom is 0.269 e. The zero-order valence-corrected chi connectivity index (χ0v) is 16.5. The maximum atomic E-state index is 12.3. The van der Waals surface area contributed by atoms with Crippen LogP contribution in [0.5, 0.6) is 0 Å². The molecule has 0 aliphatic heterocycles. The molecule has 0 saturated heterocycles. The predicted molar refractivity (Wildman–Crippen MR) is 100 cm³/mol. The van der Waals surface area contributed by atoms with E-state index in [1.807, 2.05) is 0 Å². The van der Waals surface area contributed by atoms with E-state index in [0.29, 0.717) is 0 Å². The Labute approximate surface area is 160 Å². The van der Waals surface area contributed by atoms with Gasteiger partial charge in [-0.1, -0.05) is 19.3 Å². The van der Waals surface area contributed by atoms with Crippen molar-refractivity contribution in [1.82, 2.24) is 15.6 Å². The standard InChI is InChI=1S/C18H27N3O5S/c1-13(12-26-2)21-27(24,25)16-10-8-15(9-11-16)18(23)20-19-17(22)14-6-4-3-5-7-14/h8-11,13-14,21H,3-7,12H2,1-2H3,(H,19,22)(H,20,23)/t13-/m1/s1. The van der Waals surface area contributed by atoms with Gasteiger partial charge in [-0.2, -0.15) is 0 Å². The first-order chi connectivity index (χ1) is 12.8. The fraction of sp³-hybridized carbons (Fsp3) is 0.556. The minimum Gasteiger partial charge on any atom is -0.383 e. The number of hydrogen-bond donors (Lipinski definition) is 3. The van der Waals surface area contributed by atoms with Gasteiger partial charge < -0.3 is 4.74 Å². The molecule has 0 spiro atoms. The van der Waals surface area contributed by atoms with Crippen LogP contribution in [0.15, 0.2) is 29.2 Å². The number of hydrazine groups is 1. The van der Waals surface area contributed by atoms with Gasteiger partial charge in [0.2, 0.25) is 15.9 Å². The van der Waals surface area contributed by atoms with Crippen molar-refractivity contribution >= 4 is 21.8 Å². The van der Waals surface area contributed by atoms with Gasteiger partial charge in [0.05, 0.1) is 11.5 Å². The zero-order chi connectivity index (χ0) is 19.9. The summed E-state index contributed by atoms with van der Waals surface area (Å²) in [7, 11) is -2.20. The van der Waals surface area contributed by atoms with Crippen molar-refractivity contribution in [1.29, 1.82) is 0 Å². The number of sulfonamides is 1. The fourth-order valence-electron chi connectivity index (χ4n) is 3.06. The van der Waals surface area contributed by atoms with E-state index in [1.165, 1.54) is 31.4 Å². The summed E-state index contributed by atoms with van der Waals surface area (Å²) < 4.78 is 31.9. The van der Waals surface area contributed by atoms with Gasteiger partial charge in [-0.15, -0.1) is 0 Å². The molecule has 1 saturated carbocycles. The van der Waals surface area contributed by atoms with Crippen LogP contribution < -0.4 is 15.6 Å². The Kier molecular flexibility index (Phi) is 7.76. The van der Waals surface area contributed by atoms with Crippen LogP contribution in [0.2, 0.25) is 0 Å². The van der Waals surface area contributed by atoms with Gasteiger partial charge in [-0.3, -0.25) is 20.4 Å². The lowest BCUT2D eigenvalue weighted by Gasteiger charge is -2.20. The first-order valence-electron chi connectivity index (χ1n) is 9.05. The molecule has 2 amide bonds. The highest BCUT2D eigenvalue weighted by atomic mass is 32.2. The van der Waals surface area contributed by atoms with Gasteiger partial charge in [0.25, 0.3) is 5.91 Å². The van der Waals surface area contributed by atoms with Gasteiger partial charge >= 0.3 is 0 Å². The summed E-state index contributed by atoms with van der Waals surface area (Å²) in [5.41, 5.74) is 5.09. The van der Waals surface area contributed by atoms with Crippen LogP contribution >= 0.6 is 0 Å². The first kappa shape index (κ1) is 21.3. The van der Waals surface area contributed by atoms with Crippen LogP contribution in [0.1, 0.15) is 49.4 Å². The zero-order valence-electron chi connectivity index (χ0n) is 15.7. The molecule has 8 nitrogen and oxygen atoms in total. The second-order valence-electron chi connectivity index (χ2n) is 6.78. The molecule has 27 heavy (non-hydrogen) atoms. The molecule has 0 bridgehead atoms. The minimum atomic E-state index is -3.70. The molecule has 0 aromatic heterocycles. The van der Waals surface area contributed by atoms with Crippen molar-refractivity contribution in [2.45, 2.75) is 50.0 Å². The molecule has 3 N–H and O–H groups in total. The summed E-state index contributed by atoms with van der Waals surface area (Å²) in [6.07, 6.45) is 4.87. The number of methoxy groups -OCH3 is 1. The molecule has 1 aromatic carbocycles. The SMILES string of the molecule is COC[C@@H](C)NS(=O)(=O)c1ccc(C(=O)NNC(=O)C2CCCCC2)cc1. The summed E-state index contributed by atoms with van der Waals surface area (Å²) >= 11 is 0. The molecule has 1 fully saturated rings. The lowest BCUT2D eigenvalue weighted by atomic mass is 9.89. The smallest absolute Gasteiger partial charge is 0.269 e. The molecular formula is C18H27N3O5S. The number of amides is 2. The van der Waals surface area contributed by atoms with E-state index in [-0.39, 0.29) is 34.9 Å². The molecule has 1 aliphatic rings. The topological polar surface area (TPSA) is 114 Å². The van der Waals surface area contributed by atoms with Crippen molar-refractivity contribution < 1.29 is 22.7 Å². The van der Waals surface area contributed by atoms with E-state index in [0.717, 1.165) is 32.1 Å². The second kappa shape index (κ2) is 9.82. The van der Waals surface area contributed by atoms with Crippen LogP contribution in [0.25, 0.3) is 0 Å². The van der Waals surface area contributed by atoms with E-state index in [4.69, 9.17) is 4.74 Å². The normalized spacial score (nSPS) is 16.5. The third-order valence-electron chi connectivity index (χ3n) is 4.48. The Balaban J connectivity index is 1.91. The highest BCUT2D eigenvalue weighted by Gasteiger charge is 2.22. The minimum absolute atomic E-state index is 0.0493. The van der Waals surface area contributed by atoms with Crippen LogP contribution in [-0.2, 0) is 19.6 Å². The average molecular weight is 397 g/mol. The Morgan fingerprint density at radius 1 is 1.11 bits per heavy atom. The number of carbonyl (C=O) groups is 2. The number of carbonyl (C=O) groups excluding carboxylic acids is 2. The molecule has 150 valence electrons. The fourth-order valence-corrected chi connectivity index (χ4v) is 4.29. The van der Waals surface area contributed by atoms with E-state index in [1.54, 1.807) is 6.92 Å². The molecule has 2 rings (SSSR count). The van der Waals surface area contributed by atoms with Crippen molar-refractivity contribution in [3.05, 3.63) is 29.8 Å². The number of benzene rings is 1. The van der Waals surface area contributed by atoms with Gasteiger partial charge in [-0.25, -0.2) is 13.1 Å². The molecule has 0 radical (unpaired) electrons. The van der Waals surface area contributed by atoms with Gasteiger partial charge in [0.15, 0.2) is 0 Å². The third-order valence-corrected chi connectivity index (χ3v) is 6.08. The lowest BCUT2D eigenvalue weighted by molar-refractivity contribution is -0.126. The highest BCUT2D eigenvalue weighted by Crippen LogP contribution is 2.23. The largest absolute Gasteiger partial charge is 0.383 e. The summed E-state index contributed by atoms with van der Waals surface area (Å²) in [6, 6.07) is 5.12. The second-order valence-corrected chi connectivity index (χ2v) is 8.49. The van der Waals surface area contributed by atoms with Crippen molar-refractivity contribution in [3.63, 3.8) is 0 Å². The average Bonchev–Trinajstić information content (AvgIpc) is 2.66. The third kappa shape index (κ3) is 6.30. The van der Waals surface area contributed by atoms with Gasteiger partial charge in [0.1, 0.15) is 0 Å². The predicted octanol–water partition coefficient (Wildman–Crippen LogP) is 1.34.